The highest BCUT2D eigenvalue weighted by atomic mass is 16.5. The van der Waals surface area contributed by atoms with Gasteiger partial charge in [-0.2, -0.15) is 0 Å². The molecule has 1 aromatic rings. The van der Waals surface area contributed by atoms with Crippen LogP contribution in [-0.4, -0.2) is 79.6 Å². The number of amides is 2. The van der Waals surface area contributed by atoms with Crippen LogP contribution in [-0.2, 0) is 9.53 Å². The third-order valence-electron chi connectivity index (χ3n) is 5.71. The molecule has 7 nitrogen and oxygen atoms in total. The molecule has 3 rings (SSSR count). The Bertz CT molecular complexity index is 827. The van der Waals surface area contributed by atoms with E-state index in [1.54, 1.807) is 17.9 Å². The van der Waals surface area contributed by atoms with E-state index >= 15 is 0 Å². The standard InChI is InChI=1S/C23H32N4O3/c1-5-11-27-19(16-26-14-12-25(4)13-15-26)20(22(28)30-6-2)21(24-23(27)29)18-10-8-7-9-17(18)3/h5,7-10,21H,1,6,11-16H2,2-4H3,(H,24,29)/t21-/m0/s1. The van der Waals surface area contributed by atoms with Crippen molar-refractivity contribution in [3.05, 3.63) is 59.3 Å². The molecule has 0 radical (unpaired) electrons. The average Bonchev–Trinajstić information content (AvgIpc) is 2.72. The van der Waals surface area contributed by atoms with Gasteiger partial charge in [0, 0.05) is 45.0 Å². The van der Waals surface area contributed by atoms with Crippen molar-refractivity contribution in [3.63, 3.8) is 0 Å². The molecular formula is C23H32N4O3. The van der Waals surface area contributed by atoms with Crippen LogP contribution < -0.4 is 5.32 Å². The molecule has 1 N–H and O–H groups in total. The zero-order chi connectivity index (χ0) is 21.7. The second-order valence-corrected chi connectivity index (χ2v) is 7.80. The minimum absolute atomic E-state index is 0.222. The molecule has 0 unspecified atom stereocenters. The van der Waals surface area contributed by atoms with E-state index < -0.39 is 6.04 Å². The lowest BCUT2D eigenvalue weighted by Crippen LogP contribution is -2.53. The van der Waals surface area contributed by atoms with E-state index in [0.717, 1.165) is 37.3 Å². The van der Waals surface area contributed by atoms with Gasteiger partial charge in [-0.15, -0.1) is 6.58 Å². The quantitative estimate of drug-likeness (QED) is 0.550. The first-order valence-electron chi connectivity index (χ1n) is 10.5. The number of urea groups is 1. The van der Waals surface area contributed by atoms with E-state index in [2.05, 4.69) is 28.7 Å². The smallest absolute Gasteiger partial charge is 0.338 e. The summed E-state index contributed by atoms with van der Waals surface area (Å²) < 4.78 is 5.44. The van der Waals surface area contributed by atoms with E-state index in [0.29, 0.717) is 24.4 Å². The summed E-state index contributed by atoms with van der Waals surface area (Å²) in [4.78, 5) is 32.4. The third kappa shape index (κ3) is 4.74. The summed E-state index contributed by atoms with van der Waals surface area (Å²) in [5.74, 6) is -0.385. The number of carbonyl (C=O) groups excluding carboxylic acids is 2. The maximum absolute atomic E-state index is 13.1. The Morgan fingerprint density at radius 1 is 1.27 bits per heavy atom. The van der Waals surface area contributed by atoms with Crippen molar-refractivity contribution in [2.24, 2.45) is 0 Å². The summed E-state index contributed by atoms with van der Waals surface area (Å²) in [7, 11) is 2.10. The fraction of sp³-hybridized carbons (Fsp3) is 0.478. The molecule has 0 saturated carbocycles. The predicted molar refractivity (Wildman–Crippen MR) is 117 cm³/mol. The Hall–Kier alpha value is -2.64. The normalized spacial score (nSPS) is 20.8. The van der Waals surface area contributed by atoms with Gasteiger partial charge in [0.15, 0.2) is 0 Å². The summed E-state index contributed by atoms with van der Waals surface area (Å²) in [5, 5.41) is 3.03. The zero-order valence-corrected chi connectivity index (χ0v) is 18.2. The predicted octanol–water partition coefficient (Wildman–Crippen LogP) is 2.31. The van der Waals surface area contributed by atoms with Gasteiger partial charge in [-0.1, -0.05) is 30.3 Å². The number of nitrogens with zero attached hydrogens (tertiary/aromatic N) is 3. The first kappa shape index (κ1) is 22.1. The van der Waals surface area contributed by atoms with Crippen LogP contribution in [0.5, 0.6) is 0 Å². The first-order chi connectivity index (χ1) is 14.5. The van der Waals surface area contributed by atoms with Gasteiger partial charge in [0.25, 0.3) is 0 Å². The number of hydrogen-bond donors (Lipinski definition) is 1. The number of piperazine rings is 1. The molecule has 1 saturated heterocycles. The van der Waals surface area contributed by atoms with Gasteiger partial charge >= 0.3 is 12.0 Å². The Labute approximate surface area is 179 Å². The molecule has 0 bridgehead atoms. The molecule has 30 heavy (non-hydrogen) atoms. The van der Waals surface area contributed by atoms with Crippen LogP contribution in [0, 0.1) is 6.92 Å². The molecule has 2 aliphatic heterocycles. The lowest BCUT2D eigenvalue weighted by atomic mass is 9.91. The van der Waals surface area contributed by atoms with Crippen molar-refractivity contribution in [1.29, 1.82) is 0 Å². The SMILES string of the molecule is C=CCN1C(=O)N[C@@H](c2ccccc2C)C(C(=O)OCC)=C1CN1CCN(C)CC1. The topological polar surface area (TPSA) is 65.1 Å². The third-order valence-corrected chi connectivity index (χ3v) is 5.71. The highest BCUT2D eigenvalue weighted by Crippen LogP contribution is 2.33. The maximum atomic E-state index is 13.1. The number of ether oxygens (including phenoxy) is 1. The molecule has 7 heteroatoms. The molecule has 0 aromatic heterocycles. The summed E-state index contributed by atoms with van der Waals surface area (Å²) in [6.07, 6.45) is 1.68. The number of benzene rings is 1. The van der Waals surface area contributed by atoms with E-state index in [1.165, 1.54) is 0 Å². The Morgan fingerprint density at radius 2 is 1.97 bits per heavy atom. The zero-order valence-electron chi connectivity index (χ0n) is 18.2. The molecule has 162 valence electrons. The molecule has 1 atom stereocenters. The van der Waals surface area contributed by atoms with Crippen molar-refractivity contribution in [3.8, 4) is 0 Å². The minimum atomic E-state index is -0.540. The van der Waals surface area contributed by atoms with Gasteiger partial charge in [-0.3, -0.25) is 9.80 Å². The van der Waals surface area contributed by atoms with E-state index in [1.807, 2.05) is 31.2 Å². The van der Waals surface area contributed by atoms with Crippen LogP contribution >= 0.6 is 0 Å². The fourth-order valence-corrected chi connectivity index (χ4v) is 4.01. The van der Waals surface area contributed by atoms with Crippen molar-refractivity contribution >= 4 is 12.0 Å². The number of likely N-dealkylation sites (N-methyl/N-ethyl adjacent to an activating group) is 1. The molecule has 2 heterocycles. The number of esters is 1. The van der Waals surface area contributed by atoms with Crippen LogP contribution in [0.3, 0.4) is 0 Å². The van der Waals surface area contributed by atoms with E-state index in [4.69, 9.17) is 4.74 Å². The number of rotatable bonds is 7. The molecule has 1 fully saturated rings. The lowest BCUT2D eigenvalue weighted by Gasteiger charge is -2.40. The molecule has 2 aliphatic rings. The lowest BCUT2D eigenvalue weighted by molar-refractivity contribution is -0.139. The highest BCUT2D eigenvalue weighted by molar-refractivity contribution is 5.95. The van der Waals surface area contributed by atoms with Crippen LogP contribution in [0.25, 0.3) is 0 Å². The van der Waals surface area contributed by atoms with Crippen LogP contribution in [0.4, 0.5) is 4.79 Å². The van der Waals surface area contributed by atoms with Crippen molar-refractivity contribution in [2.45, 2.75) is 19.9 Å². The molecular weight excluding hydrogens is 380 g/mol. The second kappa shape index (κ2) is 9.91. The Balaban J connectivity index is 2.09. The summed E-state index contributed by atoms with van der Waals surface area (Å²) >= 11 is 0. The van der Waals surface area contributed by atoms with Crippen LogP contribution in [0.1, 0.15) is 24.1 Å². The van der Waals surface area contributed by atoms with Gasteiger partial charge < -0.3 is 15.0 Å². The molecule has 0 spiro atoms. The summed E-state index contributed by atoms with van der Waals surface area (Å²) in [5.41, 5.74) is 3.13. The number of carbonyl (C=O) groups is 2. The van der Waals surface area contributed by atoms with Crippen molar-refractivity contribution in [2.75, 3.05) is 52.9 Å². The molecule has 0 aliphatic carbocycles. The second-order valence-electron chi connectivity index (χ2n) is 7.80. The summed E-state index contributed by atoms with van der Waals surface area (Å²) in [6, 6.07) is 7.05. The van der Waals surface area contributed by atoms with Gasteiger partial charge in [0.1, 0.15) is 0 Å². The Kier molecular flexibility index (Phi) is 7.29. The van der Waals surface area contributed by atoms with Crippen LogP contribution in [0.2, 0.25) is 0 Å². The fourth-order valence-electron chi connectivity index (χ4n) is 4.01. The number of aryl methyl sites for hydroxylation is 1. The van der Waals surface area contributed by atoms with Gasteiger partial charge in [-0.25, -0.2) is 9.59 Å². The average molecular weight is 413 g/mol. The molecule has 2 amide bonds. The van der Waals surface area contributed by atoms with Crippen molar-refractivity contribution < 1.29 is 14.3 Å². The van der Waals surface area contributed by atoms with E-state index in [-0.39, 0.29) is 18.6 Å². The summed E-state index contributed by atoms with van der Waals surface area (Å²) in [6.45, 7) is 12.4. The molecule has 1 aromatic carbocycles. The van der Waals surface area contributed by atoms with Crippen LogP contribution in [0.15, 0.2) is 48.2 Å². The maximum Gasteiger partial charge on any atom is 0.338 e. The van der Waals surface area contributed by atoms with Gasteiger partial charge in [-0.05, 0) is 32.0 Å². The van der Waals surface area contributed by atoms with Gasteiger partial charge in [0.05, 0.1) is 18.2 Å². The monoisotopic (exact) mass is 412 g/mol. The van der Waals surface area contributed by atoms with Crippen molar-refractivity contribution in [1.82, 2.24) is 20.0 Å². The van der Waals surface area contributed by atoms with E-state index in [9.17, 15) is 9.59 Å². The highest BCUT2D eigenvalue weighted by Gasteiger charge is 2.39. The first-order valence-corrected chi connectivity index (χ1v) is 10.5. The largest absolute Gasteiger partial charge is 0.463 e. The number of nitrogens with one attached hydrogen (secondary N) is 1. The Morgan fingerprint density at radius 3 is 2.60 bits per heavy atom. The number of hydrogen-bond acceptors (Lipinski definition) is 5. The minimum Gasteiger partial charge on any atom is -0.463 e. The van der Waals surface area contributed by atoms with Gasteiger partial charge in [0.2, 0.25) is 0 Å².